The highest BCUT2D eigenvalue weighted by Gasteiger charge is 2.34. The molecule has 2 aromatic rings. The Morgan fingerprint density at radius 2 is 1.84 bits per heavy atom. The van der Waals surface area contributed by atoms with Crippen LogP contribution in [0.2, 0.25) is 0 Å². The van der Waals surface area contributed by atoms with Crippen LogP contribution in [0.25, 0.3) is 0 Å². The molecule has 0 fully saturated rings. The summed E-state index contributed by atoms with van der Waals surface area (Å²) in [6.45, 7) is 3.34. The maximum Gasteiger partial charge on any atom is 0.252 e. The average Bonchev–Trinajstić information content (AvgIpc) is 3.07. The highest BCUT2D eigenvalue weighted by atomic mass is 16.2. The van der Waals surface area contributed by atoms with Crippen molar-refractivity contribution in [2.24, 2.45) is 0 Å². The molecule has 0 bridgehead atoms. The number of benzene rings is 1. The Bertz CT molecular complexity index is 827. The van der Waals surface area contributed by atoms with Crippen molar-refractivity contribution in [3.8, 4) is 0 Å². The van der Waals surface area contributed by atoms with Crippen LogP contribution in [0, 0.1) is 0 Å². The first kappa shape index (κ1) is 16.6. The molecule has 1 aromatic carbocycles. The van der Waals surface area contributed by atoms with E-state index in [9.17, 15) is 14.4 Å². The molecule has 0 unspecified atom stereocenters. The zero-order chi connectivity index (χ0) is 18.0. The van der Waals surface area contributed by atoms with Crippen LogP contribution in [0.4, 0.5) is 17.3 Å². The summed E-state index contributed by atoms with van der Waals surface area (Å²) in [6, 6.07) is 6.01. The number of hydrogen-bond donors (Lipinski definition) is 3. The topological polar surface area (TPSA) is 118 Å². The molecular formula is C16H18N6O3. The zero-order valence-electron chi connectivity index (χ0n) is 13.9. The van der Waals surface area contributed by atoms with Gasteiger partial charge in [-0.3, -0.25) is 19.7 Å². The largest absolute Gasteiger partial charge is 0.326 e. The number of rotatable bonds is 5. The molecule has 9 heteroatoms. The van der Waals surface area contributed by atoms with Gasteiger partial charge < -0.3 is 10.6 Å². The number of fused-ring (bicyclic) bond motifs is 1. The lowest BCUT2D eigenvalue weighted by Gasteiger charge is -2.10. The van der Waals surface area contributed by atoms with Crippen LogP contribution in [-0.4, -0.2) is 32.5 Å². The van der Waals surface area contributed by atoms with Crippen LogP contribution in [0.3, 0.4) is 0 Å². The van der Waals surface area contributed by atoms with Crippen LogP contribution in [0.5, 0.6) is 0 Å². The number of aromatic nitrogens is 3. The predicted octanol–water partition coefficient (Wildman–Crippen LogP) is 1.32. The third-order valence-corrected chi connectivity index (χ3v) is 3.69. The molecule has 1 aromatic heterocycles. The fraction of sp³-hybridized carbons (Fsp3) is 0.312. The number of amides is 3. The molecule has 1 aliphatic rings. The summed E-state index contributed by atoms with van der Waals surface area (Å²) in [5, 5.41) is 12.2. The minimum absolute atomic E-state index is 0.0429. The number of carbonyl (C=O) groups is 3. The zero-order valence-corrected chi connectivity index (χ0v) is 13.9. The highest BCUT2D eigenvalue weighted by Crippen LogP contribution is 2.25. The van der Waals surface area contributed by atoms with E-state index in [1.807, 2.05) is 6.92 Å². The van der Waals surface area contributed by atoms with Crippen LogP contribution < -0.4 is 16.0 Å². The van der Waals surface area contributed by atoms with Crippen LogP contribution in [0.1, 0.15) is 32.1 Å². The second-order valence-corrected chi connectivity index (χ2v) is 5.67. The Hall–Kier alpha value is -3.23. The molecule has 2 heterocycles. The summed E-state index contributed by atoms with van der Waals surface area (Å²) in [4.78, 5) is 39.4. The van der Waals surface area contributed by atoms with Gasteiger partial charge in [-0.1, -0.05) is 6.92 Å². The van der Waals surface area contributed by atoms with Gasteiger partial charge in [0.2, 0.25) is 17.8 Å². The molecule has 130 valence electrons. The maximum atomic E-state index is 12.2. The maximum absolute atomic E-state index is 12.2. The number of anilines is 3. The Morgan fingerprint density at radius 1 is 1.20 bits per heavy atom. The molecule has 9 nitrogen and oxygen atoms in total. The Balaban J connectivity index is 1.64. The number of carbonyl (C=O) groups excluding carboxylic acids is 3. The fourth-order valence-corrected chi connectivity index (χ4v) is 2.53. The predicted molar refractivity (Wildman–Crippen MR) is 91.1 cm³/mol. The van der Waals surface area contributed by atoms with E-state index in [4.69, 9.17) is 0 Å². The standard InChI is InChI=1S/C16H18N6O3/c1-3-13-19-16-20-15(25)12(22(16)21-13)8-14(24)18-11-6-4-10(5-7-11)17-9(2)23/h4-7,12H,3,8H2,1-2H3,(H,17,23)(H,18,24)(H,19,20,21,25)/t12-/m1/s1. The molecule has 0 spiro atoms. The minimum atomic E-state index is -0.707. The van der Waals surface area contributed by atoms with E-state index in [0.29, 0.717) is 29.6 Å². The van der Waals surface area contributed by atoms with Crippen LogP contribution >= 0.6 is 0 Å². The summed E-state index contributed by atoms with van der Waals surface area (Å²) in [7, 11) is 0. The fourth-order valence-electron chi connectivity index (χ4n) is 2.53. The second kappa shape index (κ2) is 6.71. The summed E-state index contributed by atoms with van der Waals surface area (Å²) in [5.41, 5.74) is 1.21. The van der Waals surface area contributed by atoms with E-state index >= 15 is 0 Å². The first-order valence-electron chi connectivity index (χ1n) is 7.90. The first-order valence-corrected chi connectivity index (χ1v) is 7.90. The highest BCUT2D eigenvalue weighted by molar-refractivity contribution is 6.01. The van der Waals surface area contributed by atoms with E-state index < -0.39 is 6.04 Å². The van der Waals surface area contributed by atoms with Gasteiger partial charge in [-0.2, -0.15) is 10.1 Å². The van der Waals surface area contributed by atoms with Crippen molar-refractivity contribution >= 4 is 35.0 Å². The molecule has 1 aliphatic heterocycles. The number of hydrogen-bond acceptors (Lipinski definition) is 5. The number of nitrogens with one attached hydrogen (secondary N) is 3. The van der Waals surface area contributed by atoms with Crippen molar-refractivity contribution in [2.75, 3.05) is 16.0 Å². The molecule has 0 saturated carbocycles. The average molecular weight is 342 g/mol. The van der Waals surface area contributed by atoms with Gasteiger partial charge in [0.1, 0.15) is 6.04 Å². The Labute approximate surface area is 143 Å². The smallest absolute Gasteiger partial charge is 0.252 e. The summed E-state index contributed by atoms with van der Waals surface area (Å²) >= 11 is 0. The molecule has 3 amide bonds. The lowest BCUT2D eigenvalue weighted by Crippen LogP contribution is -2.24. The third-order valence-electron chi connectivity index (χ3n) is 3.69. The SMILES string of the molecule is CCc1nc2n(n1)[C@H](CC(=O)Nc1ccc(NC(C)=O)cc1)C(=O)N2. The van der Waals surface area contributed by atoms with E-state index in [0.717, 1.165) is 0 Å². The number of aryl methyl sites for hydroxylation is 1. The second-order valence-electron chi connectivity index (χ2n) is 5.67. The van der Waals surface area contributed by atoms with Gasteiger partial charge in [0.05, 0.1) is 6.42 Å². The summed E-state index contributed by atoms with van der Waals surface area (Å²) in [5.74, 6) is 0.218. The normalized spacial score (nSPS) is 15.4. The van der Waals surface area contributed by atoms with Gasteiger partial charge in [-0.25, -0.2) is 4.68 Å². The van der Waals surface area contributed by atoms with Crippen molar-refractivity contribution in [1.29, 1.82) is 0 Å². The van der Waals surface area contributed by atoms with E-state index in [1.165, 1.54) is 11.6 Å². The van der Waals surface area contributed by atoms with Gasteiger partial charge >= 0.3 is 0 Å². The van der Waals surface area contributed by atoms with E-state index in [2.05, 4.69) is 26.0 Å². The monoisotopic (exact) mass is 342 g/mol. The molecular weight excluding hydrogens is 324 g/mol. The molecule has 25 heavy (non-hydrogen) atoms. The van der Waals surface area contributed by atoms with Gasteiger partial charge in [0.15, 0.2) is 5.82 Å². The first-order chi connectivity index (χ1) is 12.0. The summed E-state index contributed by atoms with van der Waals surface area (Å²) in [6.07, 6.45) is 0.605. The molecule has 0 radical (unpaired) electrons. The molecule has 1 atom stereocenters. The van der Waals surface area contributed by atoms with Gasteiger partial charge in [-0.15, -0.1) is 0 Å². The number of nitrogens with zero attached hydrogens (tertiary/aromatic N) is 3. The van der Waals surface area contributed by atoms with Crippen molar-refractivity contribution < 1.29 is 14.4 Å². The molecule has 0 aliphatic carbocycles. The molecule has 3 N–H and O–H groups in total. The van der Waals surface area contributed by atoms with E-state index in [-0.39, 0.29) is 24.1 Å². The molecule has 0 saturated heterocycles. The van der Waals surface area contributed by atoms with Gasteiger partial charge in [0, 0.05) is 24.7 Å². The van der Waals surface area contributed by atoms with Gasteiger partial charge in [-0.05, 0) is 24.3 Å². The minimum Gasteiger partial charge on any atom is -0.326 e. The van der Waals surface area contributed by atoms with Crippen LogP contribution in [0.15, 0.2) is 24.3 Å². The molecule has 3 rings (SSSR count). The Kier molecular flexibility index (Phi) is 4.46. The third kappa shape index (κ3) is 3.65. The van der Waals surface area contributed by atoms with E-state index in [1.54, 1.807) is 24.3 Å². The quantitative estimate of drug-likeness (QED) is 0.757. The van der Waals surface area contributed by atoms with Crippen molar-refractivity contribution in [3.05, 3.63) is 30.1 Å². The van der Waals surface area contributed by atoms with Crippen molar-refractivity contribution in [1.82, 2.24) is 14.8 Å². The van der Waals surface area contributed by atoms with Crippen molar-refractivity contribution in [2.45, 2.75) is 32.7 Å². The lowest BCUT2D eigenvalue weighted by molar-refractivity contribution is -0.123. The van der Waals surface area contributed by atoms with Gasteiger partial charge in [0.25, 0.3) is 5.91 Å². The van der Waals surface area contributed by atoms with Crippen molar-refractivity contribution in [3.63, 3.8) is 0 Å². The van der Waals surface area contributed by atoms with Crippen LogP contribution in [-0.2, 0) is 20.8 Å². The summed E-state index contributed by atoms with van der Waals surface area (Å²) < 4.78 is 1.46. The lowest BCUT2D eigenvalue weighted by atomic mass is 10.2. The Morgan fingerprint density at radius 3 is 2.44 bits per heavy atom.